The Kier molecular flexibility index (Phi) is 33.6. The third-order valence-electron chi connectivity index (χ3n) is 11.0. The summed E-state index contributed by atoms with van der Waals surface area (Å²) in [6.07, 6.45) is 6.73. The smallest absolute Gasteiger partial charge is 0.329 e. The second-order valence-electron chi connectivity index (χ2n) is 16.9. The van der Waals surface area contributed by atoms with Crippen molar-refractivity contribution in [2.45, 2.75) is 130 Å². The molecule has 70 heavy (non-hydrogen) atoms. The normalized spacial score (nSPS) is 16.6. The molecule has 0 aromatic carbocycles. The van der Waals surface area contributed by atoms with Gasteiger partial charge in [0.25, 0.3) is 0 Å². The maximum Gasteiger partial charge on any atom is 0.329 e. The van der Waals surface area contributed by atoms with Gasteiger partial charge >= 0.3 is 8.60 Å². The van der Waals surface area contributed by atoms with Gasteiger partial charge in [-0.15, -0.1) is 0 Å². The molecule has 3 unspecified atom stereocenters. The van der Waals surface area contributed by atoms with Crippen LogP contribution >= 0.6 is 30.2 Å². The first-order valence-corrected chi connectivity index (χ1v) is 28.1. The molecule has 7 N–H and O–H groups in total. The molecular weight excluding hydrogens is 972 g/mol. The van der Waals surface area contributed by atoms with Gasteiger partial charge in [-0.3, -0.25) is 57.7 Å². The van der Waals surface area contributed by atoms with E-state index in [2.05, 4.69) is 31.9 Å². The number of likely N-dealkylation sites (tertiary alicyclic amines) is 2. The van der Waals surface area contributed by atoms with Gasteiger partial charge in [0.05, 0.1) is 26.4 Å². The molecule has 0 bridgehead atoms. The Bertz CT molecular complexity index is 1690. The van der Waals surface area contributed by atoms with E-state index in [0.29, 0.717) is 109 Å². The van der Waals surface area contributed by atoms with Crippen molar-refractivity contribution in [3.63, 3.8) is 0 Å². The number of unbranched alkanes of at least 4 members (excludes halogenated alkanes) is 5. The van der Waals surface area contributed by atoms with Crippen molar-refractivity contribution < 1.29 is 66.6 Å². The lowest BCUT2D eigenvalue weighted by Crippen LogP contribution is -2.47. The van der Waals surface area contributed by atoms with Crippen LogP contribution in [0, 0.1) is 11.8 Å². The first-order valence-electron chi connectivity index (χ1n) is 24.5. The largest absolute Gasteiger partial charge is 0.379 e. The van der Waals surface area contributed by atoms with E-state index >= 15 is 0 Å². The Morgan fingerprint density at radius 2 is 1.06 bits per heavy atom. The average Bonchev–Trinajstić information content (AvgIpc) is 3.72. The highest BCUT2D eigenvalue weighted by atomic mass is 33.1. The van der Waals surface area contributed by atoms with Crippen LogP contribution in [0.25, 0.3) is 0 Å². The second kappa shape index (κ2) is 37.8. The Labute approximate surface area is 421 Å². The van der Waals surface area contributed by atoms with Crippen molar-refractivity contribution in [1.29, 1.82) is 0 Å². The number of carbonyl (C=O) groups is 10. The Morgan fingerprint density at radius 1 is 0.586 bits per heavy atom. The minimum atomic E-state index is -1.83. The number of amides is 10. The highest BCUT2D eigenvalue weighted by molar-refractivity contribution is 8.76. The van der Waals surface area contributed by atoms with Crippen molar-refractivity contribution in [2.24, 2.45) is 11.8 Å². The first kappa shape index (κ1) is 62.2. The number of hydrogen-bond acceptors (Lipinski definition) is 16. The lowest BCUT2D eigenvalue weighted by Gasteiger charge is -2.20. The first-order chi connectivity index (χ1) is 33.6. The van der Waals surface area contributed by atoms with E-state index in [1.807, 2.05) is 0 Å². The maximum absolute atomic E-state index is 13.2. The molecule has 2 heterocycles. The molecule has 2 aliphatic rings. The number of rotatable bonds is 41. The van der Waals surface area contributed by atoms with Crippen molar-refractivity contribution in [1.82, 2.24) is 41.7 Å². The molecule has 0 saturated carbocycles. The van der Waals surface area contributed by atoms with Crippen LogP contribution in [0.5, 0.6) is 0 Å². The Balaban J connectivity index is 1.51. The van der Waals surface area contributed by atoms with Crippen LogP contribution in [-0.4, -0.2) is 164 Å². The molecular formula is C45H77N8O14PS2. The average molecular weight is 1050 g/mol. The monoisotopic (exact) mass is 1050 g/mol. The lowest BCUT2D eigenvalue weighted by molar-refractivity contribution is -0.141. The van der Waals surface area contributed by atoms with Gasteiger partial charge in [-0.05, 0) is 51.9 Å². The molecule has 25 heteroatoms. The minimum Gasteiger partial charge on any atom is -0.379 e. The summed E-state index contributed by atoms with van der Waals surface area (Å²) in [7, 11) is 1.22. The molecule has 0 aliphatic carbocycles. The van der Waals surface area contributed by atoms with E-state index in [-0.39, 0.29) is 117 Å². The van der Waals surface area contributed by atoms with Crippen LogP contribution < -0.4 is 31.9 Å². The number of carbonyl (C=O) groups excluding carboxylic acids is 10. The van der Waals surface area contributed by atoms with Gasteiger partial charge in [0.1, 0.15) is 6.04 Å². The summed E-state index contributed by atoms with van der Waals surface area (Å²) >= 11 is 0. The molecule has 0 aromatic heterocycles. The minimum absolute atomic E-state index is 0.0107. The molecule has 0 spiro atoms. The number of hydrogen-bond donors (Lipinski definition) is 7. The van der Waals surface area contributed by atoms with Gasteiger partial charge in [-0.1, -0.05) is 48.3 Å². The molecule has 10 amide bonds. The molecule has 2 rings (SSSR count). The van der Waals surface area contributed by atoms with Gasteiger partial charge in [-0.25, -0.2) is 0 Å². The summed E-state index contributed by atoms with van der Waals surface area (Å²) in [5.74, 6) is -2.24. The van der Waals surface area contributed by atoms with E-state index < -0.39 is 26.5 Å². The molecule has 4 atom stereocenters. The highest BCUT2D eigenvalue weighted by Crippen LogP contribution is 2.32. The summed E-state index contributed by atoms with van der Waals surface area (Å²) in [6.45, 7) is 8.38. The van der Waals surface area contributed by atoms with Crippen LogP contribution in [0.2, 0.25) is 0 Å². The van der Waals surface area contributed by atoms with Crippen LogP contribution in [0.15, 0.2) is 0 Å². The van der Waals surface area contributed by atoms with E-state index in [0.717, 1.165) is 29.1 Å². The Hall–Kier alpha value is -3.93. The predicted octanol–water partition coefficient (Wildman–Crippen LogP) is 1.97. The fraction of sp³-hybridized carbons (Fsp3) is 0.778. The fourth-order valence-electron chi connectivity index (χ4n) is 7.01. The molecule has 2 aliphatic heterocycles. The number of ether oxygens (including phenoxy) is 1. The molecule has 2 saturated heterocycles. The van der Waals surface area contributed by atoms with Crippen LogP contribution in [0.1, 0.15) is 124 Å². The number of nitrogens with one attached hydrogen (secondary N) is 6. The SMILES string of the molecule is CCOP(O)OCCCCNC(=O)CCOCCNC(=O)CCSSCCC(=O)NCCCCCCNC(=O)[C@@H](CCCCNC(=O)CCN1C(=O)CC(C)C1=O)NC(=O)CCN1C(=O)CC(C)C1=O. The summed E-state index contributed by atoms with van der Waals surface area (Å²) < 4.78 is 15.5. The van der Waals surface area contributed by atoms with Crippen molar-refractivity contribution in [3.05, 3.63) is 0 Å². The number of imide groups is 2. The fourth-order valence-corrected chi connectivity index (χ4v) is 9.57. The van der Waals surface area contributed by atoms with Gasteiger partial charge in [-0.2, -0.15) is 0 Å². The zero-order valence-corrected chi connectivity index (χ0v) is 43.7. The molecule has 22 nitrogen and oxygen atoms in total. The highest BCUT2D eigenvalue weighted by Gasteiger charge is 2.36. The predicted molar refractivity (Wildman–Crippen MR) is 265 cm³/mol. The number of nitrogens with zero attached hydrogens (tertiary/aromatic N) is 2. The zero-order chi connectivity index (χ0) is 51.5. The third-order valence-corrected chi connectivity index (χ3v) is 14.3. The summed E-state index contributed by atoms with van der Waals surface area (Å²) in [6, 6.07) is -0.873. The van der Waals surface area contributed by atoms with Gasteiger partial charge in [0.2, 0.25) is 59.1 Å². The van der Waals surface area contributed by atoms with E-state index in [9.17, 15) is 52.8 Å². The zero-order valence-electron chi connectivity index (χ0n) is 41.2. The van der Waals surface area contributed by atoms with E-state index in [4.69, 9.17) is 13.8 Å². The van der Waals surface area contributed by atoms with Crippen LogP contribution in [-0.2, 0) is 61.7 Å². The Morgan fingerprint density at radius 3 is 1.59 bits per heavy atom. The summed E-state index contributed by atoms with van der Waals surface area (Å²) in [5, 5.41) is 16.9. The molecule has 2 fully saturated rings. The molecule has 0 radical (unpaired) electrons. The standard InChI is InChI=1S/C45H77N8O14PS2/c1-4-66-68(64)67-26-12-11-21-47-37(55)16-27-65-28-23-49-39(57)18-30-70-69-29-17-38(56)48-19-8-5-6-9-22-50-43(61)35(51-40(58)15-25-53-42(60)32-34(3)45(53)63)13-7-10-20-46-36(54)14-24-52-41(59)31-33(2)44(52)62/h33-35,64H,4-32H2,1-3H3,(H,46,54)(H,47,55)(H,48,56)(H,49,57)(H,50,61)(H,51,58)/t33?,34?,35-,68?/m1/s1. The van der Waals surface area contributed by atoms with Crippen molar-refractivity contribution in [2.75, 3.05) is 83.7 Å². The van der Waals surface area contributed by atoms with E-state index in [1.165, 1.54) is 21.6 Å². The quantitative estimate of drug-likeness (QED) is 0.0199. The summed E-state index contributed by atoms with van der Waals surface area (Å²) in [4.78, 5) is 135. The molecule has 398 valence electrons. The van der Waals surface area contributed by atoms with Crippen LogP contribution in [0.3, 0.4) is 0 Å². The second-order valence-corrected chi connectivity index (χ2v) is 20.6. The van der Waals surface area contributed by atoms with Gasteiger partial charge < -0.3 is 50.6 Å². The lowest BCUT2D eigenvalue weighted by atomic mass is 10.1. The van der Waals surface area contributed by atoms with Gasteiger partial charge in [0, 0.05) is 114 Å². The molecule has 0 aromatic rings. The van der Waals surface area contributed by atoms with Crippen LogP contribution in [0.4, 0.5) is 0 Å². The maximum atomic E-state index is 13.2. The topological polar surface area (TPSA) is 297 Å². The third kappa shape index (κ3) is 28.2. The summed E-state index contributed by atoms with van der Waals surface area (Å²) in [5.41, 5.74) is 0. The van der Waals surface area contributed by atoms with Crippen molar-refractivity contribution >= 4 is 89.3 Å². The van der Waals surface area contributed by atoms with Crippen molar-refractivity contribution in [3.8, 4) is 0 Å². The van der Waals surface area contributed by atoms with E-state index in [1.54, 1.807) is 20.8 Å². The van der Waals surface area contributed by atoms with Gasteiger partial charge in [0.15, 0.2) is 0 Å².